The largest absolute Gasteiger partial charge is 0.340 e. The van der Waals surface area contributed by atoms with Crippen LogP contribution in [0.25, 0.3) is 32.2 Å². The van der Waals surface area contributed by atoms with Crippen LogP contribution in [0.1, 0.15) is 70.8 Å². The van der Waals surface area contributed by atoms with E-state index in [0.717, 1.165) is 6.54 Å². The van der Waals surface area contributed by atoms with Crippen LogP contribution in [-0.2, 0) is 13.0 Å². The second kappa shape index (κ2) is 14.1. The van der Waals surface area contributed by atoms with E-state index in [1.807, 2.05) is 11.3 Å². The summed E-state index contributed by atoms with van der Waals surface area (Å²) in [7, 11) is 0. The van der Waals surface area contributed by atoms with Gasteiger partial charge in [0.15, 0.2) is 0 Å². The van der Waals surface area contributed by atoms with E-state index in [1.165, 1.54) is 113 Å². The topological polar surface area (TPSA) is 8.17 Å². The van der Waals surface area contributed by atoms with Crippen LogP contribution >= 0.6 is 11.3 Å². The summed E-state index contributed by atoms with van der Waals surface area (Å²) >= 11 is 1.90. The zero-order valence-electron chi connectivity index (χ0n) is 25.8. The Morgan fingerprint density at radius 3 is 1.88 bits per heavy atom. The first-order valence-corrected chi connectivity index (χ1v) is 17.2. The zero-order chi connectivity index (χ0) is 29.4. The van der Waals surface area contributed by atoms with Gasteiger partial charge in [0, 0.05) is 44.8 Å². The number of hydrogen-bond donors (Lipinski definition) is 0. The molecule has 2 nitrogen and oxygen atoms in total. The minimum absolute atomic E-state index is 1.04. The number of hydrogen-bond acceptors (Lipinski definition) is 2. The van der Waals surface area contributed by atoms with E-state index in [2.05, 4.69) is 132 Å². The fraction of sp³-hybridized carbons (Fsp3) is 0.300. The van der Waals surface area contributed by atoms with Crippen molar-refractivity contribution in [1.29, 1.82) is 0 Å². The highest BCUT2D eigenvalue weighted by molar-refractivity contribution is 7.13. The molecule has 0 radical (unpaired) electrons. The third-order valence-electron chi connectivity index (χ3n) is 8.63. The Morgan fingerprint density at radius 2 is 1.21 bits per heavy atom. The smallest absolute Gasteiger partial charge is 0.0512 e. The number of para-hydroxylation sites is 2. The molecule has 0 saturated heterocycles. The monoisotopic (exact) mass is 584 g/mol. The molecule has 0 atom stereocenters. The lowest BCUT2D eigenvalue weighted by Gasteiger charge is -2.25. The van der Waals surface area contributed by atoms with Crippen molar-refractivity contribution in [3.8, 4) is 10.4 Å². The Balaban J connectivity index is 1.42. The molecule has 0 fully saturated rings. The van der Waals surface area contributed by atoms with Gasteiger partial charge in [0.2, 0.25) is 0 Å². The van der Waals surface area contributed by atoms with Crippen LogP contribution < -0.4 is 4.90 Å². The summed E-state index contributed by atoms with van der Waals surface area (Å²) in [5.74, 6) is 0. The predicted octanol–water partition coefficient (Wildman–Crippen LogP) is 12.7. The van der Waals surface area contributed by atoms with Crippen LogP contribution in [0.15, 0.2) is 109 Å². The highest BCUT2D eigenvalue weighted by Gasteiger charge is 2.17. The van der Waals surface area contributed by atoms with E-state index >= 15 is 0 Å². The molecule has 0 amide bonds. The predicted molar refractivity (Wildman–Crippen MR) is 189 cm³/mol. The molecule has 2 heterocycles. The Bertz CT molecular complexity index is 1710. The summed E-state index contributed by atoms with van der Waals surface area (Å²) in [6.07, 6.45) is 11.5. The van der Waals surface area contributed by atoms with Gasteiger partial charge in [-0.25, -0.2) is 0 Å². The average molecular weight is 585 g/mol. The van der Waals surface area contributed by atoms with Crippen molar-refractivity contribution >= 4 is 50.2 Å². The molecule has 0 bridgehead atoms. The first-order chi connectivity index (χ1) is 21.3. The molecule has 6 aromatic rings. The molecule has 0 saturated carbocycles. The molecule has 0 unspecified atom stereocenters. The van der Waals surface area contributed by atoms with E-state index in [-0.39, 0.29) is 0 Å². The molecule has 2 aromatic heterocycles. The minimum Gasteiger partial charge on any atom is -0.340 e. The van der Waals surface area contributed by atoms with Crippen molar-refractivity contribution in [2.24, 2.45) is 0 Å². The Hall–Kier alpha value is -3.82. The van der Waals surface area contributed by atoms with Gasteiger partial charge in [0.1, 0.15) is 0 Å². The maximum absolute atomic E-state index is 2.60. The number of nitrogens with zero attached hydrogens (tertiary/aromatic N) is 2. The first kappa shape index (κ1) is 29.3. The Labute approximate surface area is 261 Å². The normalized spacial score (nSPS) is 11.5. The number of anilines is 3. The van der Waals surface area contributed by atoms with Gasteiger partial charge < -0.3 is 9.47 Å². The van der Waals surface area contributed by atoms with Gasteiger partial charge in [0.25, 0.3) is 0 Å². The highest BCUT2D eigenvalue weighted by atomic mass is 32.1. The molecule has 3 heteroatoms. The third kappa shape index (κ3) is 6.58. The van der Waals surface area contributed by atoms with Gasteiger partial charge in [-0.15, -0.1) is 11.3 Å². The molecule has 0 aliphatic heterocycles. The number of benzene rings is 4. The zero-order valence-corrected chi connectivity index (χ0v) is 26.6. The molecule has 43 heavy (non-hydrogen) atoms. The average Bonchev–Trinajstić information content (AvgIpc) is 3.65. The van der Waals surface area contributed by atoms with Gasteiger partial charge in [-0.05, 0) is 84.3 Å². The summed E-state index contributed by atoms with van der Waals surface area (Å²) in [5.41, 5.74) is 9.03. The molecular formula is C40H44N2S. The third-order valence-corrected chi connectivity index (χ3v) is 9.66. The number of rotatable bonds is 14. The molecular weight excluding hydrogens is 541 g/mol. The van der Waals surface area contributed by atoms with Gasteiger partial charge in [-0.3, -0.25) is 0 Å². The fourth-order valence-corrected chi connectivity index (χ4v) is 7.28. The lowest BCUT2D eigenvalue weighted by Crippen LogP contribution is -2.09. The van der Waals surface area contributed by atoms with Crippen molar-refractivity contribution in [2.75, 3.05) is 4.90 Å². The summed E-state index contributed by atoms with van der Waals surface area (Å²) in [4.78, 5) is 3.76. The SMILES string of the molecule is CCCCCCc1csc(-c2ccc3c4ccc(N(c5ccccc5)c5ccccc5)cc4n(CCCCCC)c3c2)c1. The number of aromatic nitrogens is 1. The van der Waals surface area contributed by atoms with Crippen LogP contribution in [0.3, 0.4) is 0 Å². The maximum atomic E-state index is 2.60. The molecule has 4 aromatic carbocycles. The molecule has 0 aliphatic rings. The van der Waals surface area contributed by atoms with Crippen LogP contribution in [0.2, 0.25) is 0 Å². The minimum atomic E-state index is 1.04. The van der Waals surface area contributed by atoms with E-state index < -0.39 is 0 Å². The van der Waals surface area contributed by atoms with Crippen LogP contribution in [0, 0.1) is 0 Å². The number of aryl methyl sites for hydroxylation is 2. The molecule has 0 N–H and O–H groups in total. The van der Waals surface area contributed by atoms with Crippen molar-refractivity contribution in [3.05, 3.63) is 114 Å². The van der Waals surface area contributed by atoms with E-state index in [1.54, 1.807) is 0 Å². The standard InChI is InChI=1S/C40H44N2S/c1-3-5-7-11-17-31-27-40(43-30-31)32-22-24-36-37-25-23-35(29-39(37)41(38(36)28-32)26-16-8-6-4-2)42(33-18-12-9-13-19-33)34-20-14-10-15-21-34/h9-10,12-15,18-25,27-30H,3-8,11,16-17,26H2,1-2H3. The lowest BCUT2D eigenvalue weighted by atomic mass is 10.1. The number of thiophene rings is 1. The van der Waals surface area contributed by atoms with Crippen molar-refractivity contribution in [2.45, 2.75) is 78.2 Å². The molecule has 0 spiro atoms. The maximum Gasteiger partial charge on any atom is 0.0512 e. The van der Waals surface area contributed by atoms with Gasteiger partial charge in [-0.2, -0.15) is 0 Å². The Morgan fingerprint density at radius 1 is 0.581 bits per heavy atom. The first-order valence-electron chi connectivity index (χ1n) is 16.3. The van der Waals surface area contributed by atoms with Gasteiger partial charge >= 0.3 is 0 Å². The second-order valence-electron chi connectivity index (χ2n) is 11.8. The van der Waals surface area contributed by atoms with E-state index in [4.69, 9.17) is 0 Å². The quantitative estimate of drug-likeness (QED) is 0.116. The molecule has 0 aliphatic carbocycles. The van der Waals surface area contributed by atoms with Crippen LogP contribution in [0.4, 0.5) is 17.1 Å². The van der Waals surface area contributed by atoms with Crippen LogP contribution in [-0.4, -0.2) is 4.57 Å². The second-order valence-corrected chi connectivity index (χ2v) is 12.7. The summed E-state index contributed by atoms with van der Waals surface area (Å²) in [6, 6.07) is 38.1. The summed E-state index contributed by atoms with van der Waals surface area (Å²) < 4.78 is 2.60. The summed E-state index contributed by atoms with van der Waals surface area (Å²) in [6.45, 7) is 5.61. The molecule has 6 rings (SSSR count). The van der Waals surface area contributed by atoms with Gasteiger partial charge in [0.05, 0.1) is 5.52 Å². The number of unbranched alkanes of at least 4 members (excludes halogenated alkanes) is 6. The summed E-state index contributed by atoms with van der Waals surface area (Å²) in [5, 5.41) is 5.06. The van der Waals surface area contributed by atoms with Gasteiger partial charge in [-0.1, -0.05) is 107 Å². The fourth-order valence-electron chi connectivity index (χ4n) is 6.33. The number of fused-ring (bicyclic) bond motifs is 3. The Kier molecular flexibility index (Phi) is 9.60. The van der Waals surface area contributed by atoms with Crippen LogP contribution in [0.5, 0.6) is 0 Å². The van der Waals surface area contributed by atoms with E-state index in [0.29, 0.717) is 0 Å². The molecule has 220 valence electrons. The van der Waals surface area contributed by atoms with Crippen molar-refractivity contribution < 1.29 is 0 Å². The highest BCUT2D eigenvalue weighted by Crippen LogP contribution is 2.40. The lowest BCUT2D eigenvalue weighted by molar-refractivity contribution is 0.602. The van der Waals surface area contributed by atoms with Crippen molar-refractivity contribution in [3.63, 3.8) is 0 Å². The van der Waals surface area contributed by atoms with Crippen molar-refractivity contribution in [1.82, 2.24) is 4.57 Å². The van der Waals surface area contributed by atoms with E-state index in [9.17, 15) is 0 Å².